The fraction of sp³-hybridized carbons (Fsp3) is 0.286. The molecule has 0 bridgehead atoms. The van der Waals surface area contributed by atoms with Crippen LogP contribution in [0.3, 0.4) is 0 Å². The quantitative estimate of drug-likeness (QED) is 0.657. The molecule has 19 heavy (non-hydrogen) atoms. The summed E-state index contributed by atoms with van der Waals surface area (Å²) in [5, 5.41) is 0. The summed E-state index contributed by atoms with van der Waals surface area (Å²) < 4.78 is 13.6. The number of hydrogen-bond acceptors (Lipinski definition) is 4. The van der Waals surface area contributed by atoms with E-state index in [0.29, 0.717) is 11.7 Å². The zero-order chi connectivity index (χ0) is 14.0. The Labute approximate surface area is 111 Å². The molecule has 0 aliphatic heterocycles. The van der Waals surface area contributed by atoms with Gasteiger partial charge in [0.1, 0.15) is 0 Å². The molecule has 0 unspecified atom stereocenters. The first-order valence-corrected chi connectivity index (χ1v) is 6.14. The van der Waals surface area contributed by atoms with Gasteiger partial charge in [0.15, 0.2) is 17.5 Å². The van der Waals surface area contributed by atoms with Crippen molar-refractivity contribution >= 4 is 5.82 Å². The van der Waals surface area contributed by atoms with Crippen molar-refractivity contribution in [3.05, 3.63) is 41.3 Å². The molecule has 0 aliphatic carbocycles. The number of hydrogen-bond donors (Lipinski definition) is 2. The highest BCUT2D eigenvalue weighted by atomic mass is 19.1. The predicted molar refractivity (Wildman–Crippen MR) is 74.1 cm³/mol. The second kappa shape index (κ2) is 5.32. The lowest BCUT2D eigenvalue weighted by molar-refractivity contribution is 0.606. The van der Waals surface area contributed by atoms with E-state index in [4.69, 9.17) is 5.84 Å². The first kappa shape index (κ1) is 13.4. The van der Waals surface area contributed by atoms with Crippen molar-refractivity contribution < 1.29 is 4.39 Å². The van der Waals surface area contributed by atoms with E-state index in [0.717, 1.165) is 5.56 Å². The summed E-state index contributed by atoms with van der Waals surface area (Å²) in [4.78, 5) is 8.22. The van der Waals surface area contributed by atoms with Crippen LogP contribution in [0.1, 0.15) is 31.0 Å². The summed E-state index contributed by atoms with van der Waals surface area (Å²) in [7, 11) is 0. The van der Waals surface area contributed by atoms with E-state index < -0.39 is 5.82 Å². The highest BCUT2D eigenvalue weighted by Gasteiger charge is 2.11. The second-order valence-electron chi connectivity index (χ2n) is 4.72. The Hall–Kier alpha value is -2.01. The normalized spacial score (nSPS) is 10.8. The van der Waals surface area contributed by atoms with Gasteiger partial charge in [0.25, 0.3) is 0 Å². The molecule has 0 saturated heterocycles. The highest BCUT2D eigenvalue weighted by molar-refractivity contribution is 5.58. The van der Waals surface area contributed by atoms with Gasteiger partial charge in [0.2, 0.25) is 0 Å². The van der Waals surface area contributed by atoms with Crippen LogP contribution in [0.2, 0.25) is 0 Å². The Bertz CT molecular complexity index is 579. The van der Waals surface area contributed by atoms with Crippen LogP contribution in [0.25, 0.3) is 11.4 Å². The van der Waals surface area contributed by atoms with Crippen molar-refractivity contribution in [2.75, 3.05) is 5.43 Å². The molecule has 3 N–H and O–H groups in total. The lowest BCUT2D eigenvalue weighted by Crippen LogP contribution is -2.13. The molecule has 0 amide bonds. The second-order valence-corrected chi connectivity index (χ2v) is 4.72. The summed E-state index contributed by atoms with van der Waals surface area (Å²) in [6.45, 7) is 5.85. The molecule has 1 aromatic carbocycles. The number of hydrazine groups is 1. The van der Waals surface area contributed by atoms with Crippen molar-refractivity contribution in [2.45, 2.75) is 26.7 Å². The number of benzene rings is 1. The smallest absolute Gasteiger partial charge is 0.187 e. The van der Waals surface area contributed by atoms with Crippen LogP contribution in [0.15, 0.2) is 24.3 Å². The third kappa shape index (κ3) is 2.71. The number of nitrogen functional groups attached to an aromatic ring is 1. The van der Waals surface area contributed by atoms with Gasteiger partial charge in [-0.05, 0) is 18.4 Å². The molecule has 0 radical (unpaired) electrons. The molecule has 100 valence electrons. The molecule has 0 spiro atoms. The number of aromatic nitrogens is 2. The minimum Gasteiger partial charge on any atom is -0.306 e. The number of nitrogens with two attached hydrogens (primary N) is 1. The Kier molecular flexibility index (Phi) is 3.76. The molecule has 0 fully saturated rings. The number of aryl methyl sites for hydroxylation is 1. The van der Waals surface area contributed by atoms with Gasteiger partial charge in [-0.1, -0.05) is 38.1 Å². The van der Waals surface area contributed by atoms with Crippen LogP contribution >= 0.6 is 0 Å². The number of nitrogens with one attached hydrogen (secondary N) is 1. The first-order chi connectivity index (χ1) is 9.02. The van der Waals surface area contributed by atoms with Crippen molar-refractivity contribution in [3.63, 3.8) is 0 Å². The lowest BCUT2D eigenvalue weighted by atomic mass is 10.0. The van der Waals surface area contributed by atoms with Crippen LogP contribution in [0.4, 0.5) is 10.2 Å². The topological polar surface area (TPSA) is 63.8 Å². The molecule has 2 aromatic rings. The lowest BCUT2D eigenvalue weighted by Gasteiger charge is -2.09. The van der Waals surface area contributed by atoms with Crippen LogP contribution < -0.4 is 11.3 Å². The highest BCUT2D eigenvalue weighted by Crippen LogP contribution is 2.23. The minimum absolute atomic E-state index is 0.00966. The number of anilines is 1. The van der Waals surface area contributed by atoms with E-state index >= 15 is 0 Å². The van der Waals surface area contributed by atoms with Crippen LogP contribution in [-0.2, 0) is 0 Å². The molecular weight excluding hydrogens is 243 g/mol. The maximum Gasteiger partial charge on any atom is 0.187 e. The van der Waals surface area contributed by atoms with E-state index in [1.165, 1.54) is 5.56 Å². The fourth-order valence-corrected chi connectivity index (χ4v) is 1.80. The summed E-state index contributed by atoms with van der Waals surface area (Å²) >= 11 is 0. The van der Waals surface area contributed by atoms with E-state index in [9.17, 15) is 4.39 Å². The van der Waals surface area contributed by atoms with Crippen LogP contribution in [0, 0.1) is 12.7 Å². The van der Waals surface area contributed by atoms with E-state index in [1.54, 1.807) is 6.92 Å². The fourth-order valence-electron chi connectivity index (χ4n) is 1.80. The molecule has 5 heteroatoms. The van der Waals surface area contributed by atoms with Gasteiger partial charge in [-0.3, -0.25) is 0 Å². The standard InChI is InChI=1S/C14H17FN4/c1-8(2)10-4-6-11(7-5-10)13-17-9(3)12(15)14(18-13)19-16/h4-8H,16H2,1-3H3,(H,17,18,19). The molecule has 0 atom stereocenters. The SMILES string of the molecule is Cc1nc(-c2ccc(C(C)C)cc2)nc(NN)c1F. The Morgan fingerprint density at radius 3 is 2.32 bits per heavy atom. The van der Waals surface area contributed by atoms with E-state index in [1.807, 2.05) is 24.3 Å². The summed E-state index contributed by atoms with van der Waals surface area (Å²) in [6, 6.07) is 7.92. The zero-order valence-corrected chi connectivity index (χ0v) is 11.2. The summed E-state index contributed by atoms with van der Waals surface area (Å²) in [5.41, 5.74) is 4.59. The summed E-state index contributed by atoms with van der Waals surface area (Å²) in [5.74, 6) is 5.66. The first-order valence-electron chi connectivity index (χ1n) is 6.14. The molecule has 4 nitrogen and oxygen atoms in total. The van der Waals surface area contributed by atoms with Crippen molar-refractivity contribution in [2.24, 2.45) is 5.84 Å². The third-order valence-corrected chi connectivity index (χ3v) is 2.99. The van der Waals surface area contributed by atoms with Crippen LogP contribution in [0.5, 0.6) is 0 Å². The zero-order valence-electron chi connectivity index (χ0n) is 11.2. The van der Waals surface area contributed by atoms with E-state index in [2.05, 4.69) is 29.2 Å². The Morgan fingerprint density at radius 1 is 1.16 bits per heavy atom. The van der Waals surface area contributed by atoms with Crippen molar-refractivity contribution in [3.8, 4) is 11.4 Å². The number of nitrogens with zero attached hydrogens (tertiary/aromatic N) is 2. The van der Waals surface area contributed by atoms with Gasteiger partial charge in [-0.25, -0.2) is 20.2 Å². The maximum atomic E-state index is 13.6. The average molecular weight is 260 g/mol. The molecule has 0 saturated carbocycles. The van der Waals surface area contributed by atoms with Gasteiger partial charge in [0, 0.05) is 5.56 Å². The predicted octanol–water partition coefficient (Wildman–Crippen LogP) is 3.00. The molecular formula is C14H17FN4. The van der Waals surface area contributed by atoms with Crippen molar-refractivity contribution in [1.82, 2.24) is 9.97 Å². The van der Waals surface area contributed by atoms with Gasteiger partial charge < -0.3 is 5.43 Å². The van der Waals surface area contributed by atoms with E-state index in [-0.39, 0.29) is 11.5 Å². The average Bonchev–Trinajstić information content (AvgIpc) is 2.41. The molecule has 1 aromatic heterocycles. The largest absolute Gasteiger partial charge is 0.306 e. The summed E-state index contributed by atoms with van der Waals surface area (Å²) in [6.07, 6.45) is 0. The monoisotopic (exact) mass is 260 g/mol. The van der Waals surface area contributed by atoms with Crippen molar-refractivity contribution in [1.29, 1.82) is 0 Å². The number of rotatable bonds is 3. The van der Waals surface area contributed by atoms with Gasteiger partial charge in [-0.2, -0.15) is 0 Å². The van der Waals surface area contributed by atoms with Gasteiger partial charge in [-0.15, -0.1) is 0 Å². The Morgan fingerprint density at radius 2 is 1.79 bits per heavy atom. The molecule has 1 heterocycles. The molecule has 2 rings (SSSR count). The third-order valence-electron chi connectivity index (χ3n) is 2.99. The van der Waals surface area contributed by atoms with Crippen LogP contribution in [-0.4, -0.2) is 9.97 Å². The number of halogens is 1. The Balaban J connectivity index is 2.44. The van der Waals surface area contributed by atoms with Gasteiger partial charge >= 0.3 is 0 Å². The molecule has 0 aliphatic rings. The minimum atomic E-state index is -0.523. The van der Waals surface area contributed by atoms with Gasteiger partial charge in [0.05, 0.1) is 5.69 Å². The maximum absolute atomic E-state index is 13.6.